The lowest BCUT2D eigenvalue weighted by Crippen LogP contribution is -2.36. The average molecular weight is 290 g/mol. The summed E-state index contributed by atoms with van der Waals surface area (Å²) >= 11 is 5.17. The predicted molar refractivity (Wildman–Crippen MR) is 70.5 cm³/mol. The van der Waals surface area contributed by atoms with Gasteiger partial charge in [-0.15, -0.1) is 11.3 Å². The number of aliphatic imine (C=N–C) groups is 1. The first-order chi connectivity index (χ1) is 7.08. The van der Waals surface area contributed by atoms with Gasteiger partial charge in [0.05, 0.1) is 3.79 Å². The van der Waals surface area contributed by atoms with Crippen LogP contribution in [0.1, 0.15) is 18.7 Å². The molecule has 0 unspecified atom stereocenters. The first kappa shape index (κ1) is 12.5. The Hall–Kier alpha value is -0.550. The predicted octanol–water partition coefficient (Wildman–Crippen LogP) is 2.37. The Morgan fingerprint density at radius 1 is 1.60 bits per heavy atom. The second-order valence-electron chi connectivity index (χ2n) is 3.52. The molecule has 0 atom stereocenters. The number of halogens is 1. The van der Waals surface area contributed by atoms with E-state index in [4.69, 9.17) is 5.73 Å². The molecule has 1 aromatic heterocycles. The third-order valence-corrected chi connectivity index (χ3v) is 3.39. The standard InChI is InChI=1S/C10H16BrN3S/c1-7(2)14-10(12)13-6-5-8-3-4-9(11)15-8/h3-4,7H,5-6H2,1-2H3,(H3,12,13,14). The summed E-state index contributed by atoms with van der Waals surface area (Å²) in [7, 11) is 0. The summed E-state index contributed by atoms with van der Waals surface area (Å²) < 4.78 is 1.16. The lowest BCUT2D eigenvalue weighted by molar-refractivity contribution is 0.723. The Balaban J connectivity index is 2.32. The number of hydrogen-bond donors (Lipinski definition) is 2. The monoisotopic (exact) mass is 289 g/mol. The van der Waals surface area contributed by atoms with Crippen molar-refractivity contribution < 1.29 is 0 Å². The van der Waals surface area contributed by atoms with Crippen LogP contribution in [0.3, 0.4) is 0 Å². The van der Waals surface area contributed by atoms with Crippen LogP contribution in [0.5, 0.6) is 0 Å². The fourth-order valence-corrected chi connectivity index (χ4v) is 2.59. The third-order valence-electron chi connectivity index (χ3n) is 1.71. The Bertz CT molecular complexity index is 333. The van der Waals surface area contributed by atoms with E-state index in [0.717, 1.165) is 16.8 Å². The molecule has 0 bridgehead atoms. The molecule has 0 spiro atoms. The van der Waals surface area contributed by atoms with Crippen LogP contribution in [0, 0.1) is 0 Å². The molecule has 0 fully saturated rings. The maximum Gasteiger partial charge on any atom is 0.188 e. The van der Waals surface area contributed by atoms with Gasteiger partial charge in [0.25, 0.3) is 0 Å². The zero-order valence-corrected chi connectivity index (χ0v) is 11.4. The molecule has 0 saturated carbocycles. The Labute approximate surface area is 103 Å². The molecule has 0 amide bonds. The molecule has 0 radical (unpaired) electrons. The van der Waals surface area contributed by atoms with Crippen molar-refractivity contribution in [2.24, 2.45) is 10.7 Å². The first-order valence-corrected chi connectivity index (χ1v) is 6.49. The zero-order chi connectivity index (χ0) is 11.3. The Morgan fingerprint density at radius 2 is 2.33 bits per heavy atom. The molecule has 1 aromatic rings. The van der Waals surface area contributed by atoms with Crippen molar-refractivity contribution in [2.75, 3.05) is 6.54 Å². The van der Waals surface area contributed by atoms with Gasteiger partial charge in [-0.3, -0.25) is 4.99 Å². The quantitative estimate of drug-likeness (QED) is 0.660. The van der Waals surface area contributed by atoms with Crippen LogP contribution in [0.25, 0.3) is 0 Å². The van der Waals surface area contributed by atoms with Gasteiger partial charge in [-0.2, -0.15) is 0 Å². The van der Waals surface area contributed by atoms with E-state index < -0.39 is 0 Å². The molecule has 0 aliphatic carbocycles. The molecule has 1 rings (SSSR count). The van der Waals surface area contributed by atoms with Crippen molar-refractivity contribution in [3.05, 3.63) is 20.8 Å². The molecule has 3 N–H and O–H groups in total. The fraction of sp³-hybridized carbons (Fsp3) is 0.500. The summed E-state index contributed by atoms with van der Waals surface area (Å²) in [6, 6.07) is 4.50. The molecule has 0 saturated heterocycles. The van der Waals surface area contributed by atoms with Crippen LogP contribution in [0.15, 0.2) is 20.9 Å². The number of rotatable bonds is 4. The molecule has 0 aromatic carbocycles. The van der Waals surface area contributed by atoms with Crippen LogP contribution in [0.4, 0.5) is 0 Å². The van der Waals surface area contributed by atoms with E-state index in [1.807, 2.05) is 13.8 Å². The van der Waals surface area contributed by atoms with E-state index in [0.29, 0.717) is 12.0 Å². The van der Waals surface area contributed by atoms with E-state index >= 15 is 0 Å². The lowest BCUT2D eigenvalue weighted by atomic mass is 10.3. The van der Waals surface area contributed by atoms with Gasteiger partial charge >= 0.3 is 0 Å². The van der Waals surface area contributed by atoms with Crippen LogP contribution in [-0.4, -0.2) is 18.5 Å². The molecule has 0 aliphatic rings. The van der Waals surface area contributed by atoms with Gasteiger partial charge in [-0.25, -0.2) is 0 Å². The second-order valence-corrected chi connectivity index (χ2v) is 6.07. The van der Waals surface area contributed by atoms with E-state index in [2.05, 4.69) is 38.4 Å². The highest BCUT2D eigenvalue weighted by molar-refractivity contribution is 9.11. The summed E-state index contributed by atoms with van der Waals surface area (Å²) in [5.74, 6) is 0.528. The van der Waals surface area contributed by atoms with Crippen LogP contribution in [0.2, 0.25) is 0 Å². The van der Waals surface area contributed by atoms with Gasteiger partial charge in [-0.1, -0.05) is 0 Å². The Kier molecular flexibility index (Phi) is 5.11. The summed E-state index contributed by atoms with van der Waals surface area (Å²) in [6.45, 7) is 4.82. The van der Waals surface area contributed by atoms with Crippen molar-refractivity contribution in [2.45, 2.75) is 26.3 Å². The summed E-state index contributed by atoms with van der Waals surface area (Å²) in [4.78, 5) is 5.57. The molecule has 3 nitrogen and oxygen atoms in total. The van der Waals surface area contributed by atoms with Crippen molar-refractivity contribution in [3.63, 3.8) is 0 Å². The zero-order valence-electron chi connectivity index (χ0n) is 8.96. The minimum absolute atomic E-state index is 0.338. The normalized spacial score (nSPS) is 12.1. The van der Waals surface area contributed by atoms with E-state index in [1.54, 1.807) is 11.3 Å². The van der Waals surface area contributed by atoms with Gasteiger partial charge in [0.2, 0.25) is 0 Å². The highest BCUT2D eigenvalue weighted by Gasteiger charge is 1.98. The number of nitrogens with one attached hydrogen (secondary N) is 1. The van der Waals surface area contributed by atoms with Gasteiger partial charge in [0.15, 0.2) is 5.96 Å². The Morgan fingerprint density at radius 3 is 2.87 bits per heavy atom. The number of guanidine groups is 1. The highest BCUT2D eigenvalue weighted by Crippen LogP contribution is 2.22. The van der Waals surface area contributed by atoms with Crippen molar-refractivity contribution in [1.82, 2.24) is 5.32 Å². The van der Waals surface area contributed by atoms with E-state index in [1.165, 1.54) is 4.88 Å². The SMILES string of the molecule is CC(C)NC(N)=NCCc1ccc(Br)s1. The number of nitrogens with zero attached hydrogens (tertiary/aromatic N) is 1. The van der Waals surface area contributed by atoms with Crippen molar-refractivity contribution >= 4 is 33.2 Å². The van der Waals surface area contributed by atoms with Gasteiger partial charge in [-0.05, 0) is 41.9 Å². The van der Waals surface area contributed by atoms with Crippen molar-refractivity contribution in [3.8, 4) is 0 Å². The van der Waals surface area contributed by atoms with E-state index in [-0.39, 0.29) is 0 Å². The molecule has 84 valence electrons. The maximum atomic E-state index is 5.68. The first-order valence-electron chi connectivity index (χ1n) is 4.88. The fourth-order valence-electron chi connectivity index (χ4n) is 1.11. The van der Waals surface area contributed by atoms with Crippen LogP contribution in [-0.2, 0) is 6.42 Å². The third kappa shape index (κ3) is 5.18. The van der Waals surface area contributed by atoms with Gasteiger partial charge in [0.1, 0.15) is 0 Å². The smallest absolute Gasteiger partial charge is 0.188 e. The largest absolute Gasteiger partial charge is 0.370 e. The molecule has 5 heteroatoms. The highest BCUT2D eigenvalue weighted by atomic mass is 79.9. The van der Waals surface area contributed by atoms with Gasteiger partial charge in [0, 0.05) is 23.9 Å². The number of thiophene rings is 1. The average Bonchev–Trinajstić information content (AvgIpc) is 2.50. The molecular weight excluding hydrogens is 274 g/mol. The van der Waals surface area contributed by atoms with Crippen LogP contribution < -0.4 is 11.1 Å². The second kappa shape index (κ2) is 6.12. The molecule has 0 aliphatic heterocycles. The molecule has 15 heavy (non-hydrogen) atoms. The summed E-state index contributed by atoms with van der Waals surface area (Å²) in [5.41, 5.74) is 5.68. The summed E-state index contributed by atoms with van der Waals surface area (Å²) in [6.07, 6.45) is 0.941. The van der Waals surface area contributed by atoms with E-state index in [9.17, 15) is 0 Å². The minimum atomic E-state index is 0.338. The van der Waals surface area contributed by atoms with Crippen LogP contribution >= 0.6 is 27.3 Å². The number of hydrogen-bond acceptors (Lipinski definition) is 2. The topological polar surface area (TPSA) is 50.4 Å². The summed E-state index contributed by atoms with van der Waals surface area (Å²) in [5, 5.41) is 3.06. The van der Waals surface area contributed by atoms with Crippen molar-refractivity contribution in [1.29, 1.82) is 0 Å². The lowest BCUT2D eigenvalue weighted by Gasteiger charge is -2.07. The maximum absolute atomic E-state index is 5.68. The number of nitrogens with two attached hydrogens (primary N) is 1. The molecule has 1 heterocycles. The van der Waals surface area contributed by atoms with Gasteiger partial charge < -0.3 is 11.1 Å². The minimum Gasteiger partial charge on any atom is -0.370 e. The molecular formula is C10H16BrN3S.